The first-order valence-electron chi connectivity index (χ1n) is 7.09. The first kappa shape index (κ1) is 10.9. The quantitative estimate of drug-likeness (QED) is 0.880. The Balaban J connectivity index is 1.60. The van der Waals surface area contributed by atoms with Crippen LogP contribution in [-0.2, 0) is 19.4 Å². The molecule has 2 aliphatic heterocycles. The fraction of sp³-hybridized carbons (Fsp3) is 0.294. The number of para-hydroxylation sites is 1. The van der Waals surface area contributed by atoms with Gasteiger partial charge in [0.05, 0.1) is 0 Å². The lowest BCUT2D eigenvalue weighted by atomic mass is 10.1. The second-order valence-electron chi connectivity index (χ2n) is 5.47. The van der Waals surface area contributed by atoms with E-state index in [9.17, 15) is 0 Å². The van der Waals surface area contributed by atoms with Gasteiger partial charge in [-0.25, -0.2) is 0 Å². The molecule has 0 fully saturated rings. The van der Waals surface area contributed by atoms with E-state index >= 15 is 0 Å². The summed E-state index contributed by atoms with van der Waals surface area (Å²) in [6.45, 7) is 3.25. The van der Waals surface area contributed by atoms with Gasteiger partial charge in [-0.1, -0.05) is 30.3 Å². The predicted octanol–water partition coefficient (Wildman–Crippen LogP) is 3.22. The molecular formula is C17H18N2. The van der Waals surface area contributed by atoms with Gasteiger partial charge < -0.3 is 10.2 Å². The van der Waals surface area contributed by atoms with Crippen molar-refractivity contribution in [3.63, 3.8) is 0 Å². The van der Waals surface area contributed by atoms with Gasteiger partial charge in [-0.3, -0.25) is 0 Å². The third-order valence-corrected chi connectivity index (χ3v) is 4.24. The molecule has 2 heteroatoms. The number of nitrogens with zero attached hydrogens (tertiary/aromatic N) is 1. The summed E-state index contributed by atoms with van der Waals surface area (Å²) in [5.41, 5.74) is 7.11. The van der Waals surface area contributed by atoms with Crippen LogP contribution in [0.4, 0.5) is 11.4 Å². The Hall–Kier alpha value is -1.96. The number of rotatable bonds is 2. The highest BCUT2D eigenvalue weighted by atomic mass is 15.1. The summed E-state index contributed by atoms with van der Waals surface area (Å²) >= 11 is 0. The summed E-state index contributed by atoms with van der Waals surface area (Å²) in [5, 5.41) is 3.47. The van der Waals surface area contributed by atoms with Crippen LogP contribution in [0.1, 0.15) is 16.7 Å². The number of benzene rings is 2. The Labute approximate surface area is 114 Å². The van der Waals surface area contributed by atoms with Crippen LogP contribution in [0.5, 0.6) is 0 Å². The molecule has 2 aromatic carbocycles. The molecule has 2 heterocycles. The monoisotopic (exact) mass is 250 g/mol. The molecule has 2 aliphatic rings. The van der Waals surface area contributed by atoms with Gasteiger partial charge in [0, 0.05) is 31.0 Å². The minimum absolute atomic E-state index is 1.02. The molecule has 0 spiro atoms. The van der Waals surface area contributed by atoms with Crippen molar-refractivity contribution < 1.29 is 0 Å². The molecule has 0 saturated carbocycles. The lowest BCUT2D eigenvalue weighted by Crippen LogP contribution is -2.19. The summed E-state index contributed by atoms with van der Waals surface area (Å²) in [7, 11) is 0. The van der Waals surface area contributed by atoms with Gasteiger partial charge in [-0.15, -0.1) is 0 Å². The number of fused-ring (bicyclic) bond motifs is 2. The predicted molar refractivity (Wildman–Crippen MR) is 79.8 cm³/mol. The van der Waals surface area contributed by atoms with E-state index in [1.165, 1.54) is 40.9 Å². The molecule has 4 rings (SSSR count). The van der Waals surface area contributed by atoms with Crippen LogP contribution in [0.3, 0.4) is 0 Å². The van der Waals surface area contributed by atoms with Crippen molar-refractivity contribution >= 4 is 11.4 Å². The highest BCUT2D eigenvalue weighted by Crippen LogP contribution is 2.30. The molecule has 96 valence electrons. The molecule has 1 N–H and O–H groups in total. The van der Waals surface area contributed by atoms with Gasteiger partial charge in [0.15, 0.2) is 0 Å². The first-order chi connectivity index (χ1) is 9.40. The van der Waals surface area contributed by atoms with Gasteiger partial charge in [0.2, 0.25) is 0 Å². The molecule has 0 bridgehead atoms. The van der Waals surface area contributed by atoms with E-state index in [0.717, 1.165) is 19.6 Å². The summed E-state index contributed by atoms with van der Waals surface area (Å²) in [6.07, 6.45) is 2.35. The van der Waals surface area contributed by atoms with Crippen molar-refractivity contribution in [1.29, 1.82) is 0 Å². The molecule has 2 aromatic rings. The van der Waals surface area contributed by atoms with Crippen LogP contribution in [0.25, 0.3) is 0 Å². The zero-order chi connectivity index (χ0) is 12.7. The van der Waals surface area contributed by atoms with E-state index in [0.29, 0.717) is 0 Å². The molecular weight excluding hydrogens is 232 g/mol. The van der Waals surface area contributed by atoms with Crippen LogP contribution in [0.15, 0.2) is 42.5 Å². The van der Waals surface area contributed by atoms with E-state index in [4.69, 9.17) is 0 Å². The van der Waals surface area contributed by atoms with Gasteiger partial charge in [-0.05, 0) is 41.7 Å². The molecule has 0 aromatic heterocycles. The largest absolute Gasteiger partial charge is 0.384 e. The van der Waals surface area contributed by atoms with Crippen LogP contribution >= 0.6 is 0 Å². The van der Waals surface area contributed by atoms with Gasteiger partial charge in [-0.2, -0.15) is 0 Å². The van der Waals surface area contributed by atoms with Gasteiger partial charge in [0.1, 0.15) is 0 Å². The molecule has 0 aliphatic carbocycles. The lowest BCUT2D eigenvalue weighted by molar-refractivity contribution is 0.836. The highest BCUT2D eigenvalue weighted by Gasteiger charge is 2.19. The SMILES string of the molecule is c1ccc2c(c1)CCN2Cc1ccc2c(c1)NCC2. The third-order valence-electron chi connectivity index (χ3n) is 4.24. The minimum atomic E-state index is 1.02. The minimum Gasteiger partial charge on any atom is -0.384 e. The third kappa shape index (κ3) is 1.88. The number of hydrogen-bond donors (Lipinski definition) is 1. The highest BCUT2D eigenvalue weighted by molar-refractivity contribution is 5.60. The molecule has 0 unspecified atom stereocenters. The topological polar surface area (TPSA) is 15.3 Å². The number of nitrogens with one attached hydrogen (secondary N) is 1. The molecule has 19 heavy (non-hydrogen) atoms. The molecule has 0 atom stereocenters. The van der Waals surface area contributed by atoms with Crippen LogP contribution in [-0.4, -0.2) is 13.1 Å². The molecule has 0 amide bonds. The maximum atomic E-state index is 3.47. The van der Waals surface area contributed by atoms with E-state index in [-0.39, 0.29) is 0 Å². The zero-order valence-electron chi connectivity index (χ0n) is 11.0. The van der Waals surface area contributed by atoms with Crippen molar-refractivity contribution in [2.24, 2.45) is 0 Å². The fourth-order valence-corrected chi connectivity index (χ4v) is 3.23. The Bertz CT molecular complexity index is 618. The standard InChI is InChI=1S/C17H18N2/c1-2-4-17-15(3-1)8-10-19(17)12-13-5-6-14-7-9-18-16(14)11-13/h1-6,11,18H,7-10,12H2. The van der Waals surface area contributed by atoms with Crippen LogP contribution in [0.2, 0.25) is 0 Å². The number of hydrogen-bond acceptors (Lipinski definition) is 2. The van der Waals surface area contributed by atoms with Crippen LogP contribution in [0, 0.1) is 0 Å². The van der Waals surface area contributed by atoms with Gasteiger partial charge >= 0.3 is 0 Å². The Morgan fingerprint density at radius 1 is 1.00 bits per heavy atom. The first-order valence-corrected chi connectivity index (χ1v) is 7.09. The second kappa shape index (κ2) is 4.30. The van der Waals surface area contributed by atoms with E-state index in [2.05, 4.69) is 52.7 Å². The van der Waals surface area contributed by atoms with E-state index in [1.54, 1.807) is 0 Å². The Morgan fingerprint density at radius 2 is 1.95 bits per heavy atom. The maximum Gasteiger partial charge on any atom is 0.0430 e. The van der Waals surface area contributed by atoms with Crippen molar-refractivity contribution in [1.82, 2.24) is 0 Å². The Kier molecular flexibility index (Phi) is 2.47. The van der Waals surface area contributed by atoms with Crippen molar-refractivity contribution in [2.75, 3.05) is 23.3 Å². The van der Waals surface area contributed by atoms with Gasteiger partial charge in [0.25, 0.3) is 0 Å². The molecule has 0 radical (unpaired) electrons. The Morgan fingerprint density at radius 3 is 2.95 bits per heavy atom. The van der Waals surface area contributed by atoms with E-state index in [1.807, 2.05) is 0 Å². The summed E-state index contributed by atoms with van der Waals surface area (Å²) in [6, 6.07) is 15.7. The normalized spacial score (nSPS) is 16.1. The smallest absolute Gasteiger partial charge is 0.0430 e. The zero-order valence-corrected chi connectivity index (χ0v) is 11.0. The maximum absolute atomic E-state index is 3.47. The lowest BCUT2D eigenvalue weighted by Gasteiger charge is -2.20. The van der Waals surface area contributed by atoms with Crippen molar-refractivity contribution in [3.05, 3.63) is 59.2 Å². The van der Waals surface area contributed by atoms with E-state index < -0.39 is 0 Å². The average Bonchev–Trinajstić information content (AvgIpc) is 3.06. The number of anilines is 2. The molecule has 0 saturated heterocycles. The second-order valence-corrected chi connectivity index (χ2v) is 5.47. The van der Waals surface area contributed by atoms with Crippen LogP contribution < -0.4 is 10.2 Å². The average molecular weight is 250 g/mol. The molecule has 2 nitrogen and oxygen atoms in total. The van der Waals surface area contributed by atoms with Crippen molar-refractivity contribution in [2.45, 2.75) is 19.4 Å². The summed E-state index contributed by atoms with van der Waals surface area (Å²) in [4.78, 5) is 2.49. The van der Waals surface area contributed by atoms with Crippen molar-refractivity contribution in [3.8, 4) is 0 Å². The fourth-order valence-electron chi connectivity index (χ4n) is 3.23. The summed E-state index contributed by atoms with van der Waals surface area (Å²) in [5.74, 6) is 0. The summed E-state index contributed by atoms with van der Waals surface area (Å²) < 4.78 is 0.